The number of aliphatic carboxylic acids is 1. The smallest absolute Gasteiger partial charge is 0.303 e. The Morgan fingerprint density at radius 1 is 0.586 bits per heavy atom. The first-order valence-corrected chi connectivity index (χ1v) is 13.3. The Balaban J connectivity index is 4.01. The third kappa shape index (κ3) is 20.5. The summed E-state index contributed by atoms with van der Waals surface area (Å²) in [5, 5.41) is 8.73. The van der Waals surface area contributed by atoms with Crippen molar-refractivity contribution in [3.05, 3.63) is 0 Å². The Bertz CT molecular complexity index is 339. The number of carboxylic acid groups (broad SMARTS) is 1. The van der Waals surface area contributed by atoms with E-state index in [0.717, 1.165) is 24.7 Å². The van der Waals surface area contributed by atoms with Crippen molar-refractivity contribution >= 4 is 5.97 Å². The van der Waals surface area contributed by atoms with Gasteiger partial charge in [-0.1, -0.05) is 143 Å². The Labute approximate surface area is 183 Å². The van der Waals surface area contributed by atoms with Crippen LogP contribution in [0.3, 0.4) is 0 Å². The fraction of sp³-hybridized carbons (Fsp3) is 0.963. The summed E-state index contributed by atoms with van der Waals surface area (Å²) in [5.74, 6) is 1.15. The molecule has 0 heterocycles. The molecule has 0 bridgehead atoms. The Hall–Kier alpha value is -0.530. The molecule has 0 saturated carbocycles. The predicted octanol–water partition coefficient (Wildman–Crippen LogP) is 9.56. The van der Waals surface area contributed by atoms with Crippen molar-refractivity contribution in [1.82, 2.24) is 0 Å². The number of unbranched alkanes of at least 4 members (excludes halogenated alkanes) is 14. The first-order valence-electron chi connectivity index (χ1n) is 13.3. The van der Waals surface area contributed by atoms with Crippen molar-refractivity contribution in [3.8, 4) is 0 Å². The second kappa shape index (κ2) is 22.2. The maximum Gasteiger partial charge on any atom is 0.303 e. The van der Waals surface area contributed by atoms with E-state index in [4.69, 9.17) is 5.11 Å². The molecule has 0 aliphatic rings. The van der Waals surface area contributed by atoms with Gasteiger partial charge < -0.3 is 5.11 Å². The van der Waals surface area contributed by atoms with Crippen LogP contribution in [0.25, 0.3) is 0 Å². The van der Waals surface area contributed by atoms with Crippen molar-refractivity contribution < 1.29 is 9.90 Å². The number of hydrogen-bond acceptors (Lipinski definition) is 1. The van der Waals surface area contributed by atoms with E-state index in [0.29, 0.717) is 6.42 Å². The zero-order valence-electron chi connectivity index (χ0n) is 20.4. The third-order valence-corrected chi connectivity index (χ3v) is 6.71. The summed E-state index contributed by atoms with van der Waals surface area (Å²) in [6.45, 7) is 7.10. The van der Waals surface area contributed by atoms with Gasteiger partial charge in [-0.2, -0.15) is 0 Å². The Morgan fingerprint density at radius 2 is 0.966 bits per heavy atom. The third-order valence-electron chi connectivity index (χ3n) is 6.71. The van der Waals surface area contributed by atoms with Crippen LogP contribution in [0.15, 0.2) is 0 Å². The van der Waals surface area contributed by atoms with Crippen LogP contribution in [0.2, 0.25) is 0 Å². The molecule has 2 nitrogen and oxygen atoms in total. The molecule has 0 aromatic carbocycles. The molecule has 2 unspecified atom stereocenters. The molecule has 174 valence electrons. The van der Waals surface area contributed by atoms with E-state index < -0.39 is 5.97 Å². The minimum Gasteiger partial charge on any atom is -0.481 e. The SMILES string of the molecule is CCCCCCCCCC(C)C(CCCCCCC)CCCCCCCC(=O)O. The van der Waals surface area contributed by atoms with Crippen molar-refractivity contribution in [2.45, 2.75) is 156 Å². The van der Waals surface area contributed by atoms with E-state index in [1.165, 1.54) is 116 Å². The molecular weight excluding hydrogens is 356 g/mol. The van der Waals surface area contributed by atoms with Gasteiger partial charge in [-0.05, 0) is 18.3 Å². The predicted molar refractivity (Wildman–Crippen MR) is 129 cm³/mol. The highest BCUT2D eigenvalue weighted by Gasteiger charge is 2.16. The summed E-state index contributed by atoms with van der Waals surface area (Å²) in [5.41, 5.74) is 0. The van der Waals surface area contributed by atoms with Gasteiger partial charge in [-0.3, -0.25) is 4.79 Å². The molecule has 0 amide bonds. The summed E-state index contributed by atoms with van der Waals surface area (Å²) in [4.78, 5) is 10.6. The van der Waals surface area contributed by atoms with Crippen LogP contribution in [0.5, 0.6) is 0 Å². The van der Waals surface area contributed by atoms with Crippen LogP contribution < -0.4 is 0 Å². The fourth-order valence-corrected chi connectivity index (χ4v) is 4.60. The molecule has 0 radical (unpaired) electrons. The monoisotopic (exact) mass is 410 g/mol. The molecule has 0 aromatic rings. The minimum absolute atomic E-state index is 0.343. The first-order chi connectivity index (χ1) is 14.1. The average molecular weight is 411 g/mol. The number of carbonyl (C=O) groups is 1. The van der Waals surface area contributed by atoms with Gasteiger partial charge in [0.05, 0.1) is 0 Å². The number of hydrogen-bond donors (Lipinski definition) is 1. The normalized spacial score (nSPS) is 13.5. The van der Waals surface area contributed by atoms with E-state index in [9.17, 15) is 4.79 Å². The number of rotatable bonds is 23. The van der Waals surface area contributed by atoms with Gasteiger partial charge in [0.15, 0.2) is 0 Å². The lowest BCUT2D eigenvalue weighted by Crippen LogP contribution is -2.12. The van der Waals surface area contributed by atoms with E-state index in [1.807, 2.05) is 0 Å². The van der Waals surface area contributed by atoms with Crippen LogP contribution in [0.4, 0.5) is 0 Å². The average Bonchev–Trinajstić information content (AvgIpc) is 2.70. The molecule has 2 atom stereocenters. The van der Waals surface area contributed by atoms with E-state index in [2.05, 4.69) is 20.8 Å². The van der Waals surface area contributed by atoms with Crippen molar-refractivity contribution in [1.29, 1.82) is 0 Å². The second-order valence-electron chi connectivity index (χ2n) is 9.55. The van der Waals surface area contributed by atoms with Crippen molar-refractivity contribution in [2.75, 3.05) is 0 Å². The van der Waals surface area contributed by atoms with Crippen molar-refractivity contribution in [3.63, 3.8) is 0 Å². The maximum atomic E-state index is 10.6. The lowest BCUT2D eigenvalue weighted by atomic mass is 9.82. The highest BCUT2D eigenvalue weighted by Crippen LogP contribution is 2.29. The molecule has 0 spiro atoms. The standard InChI is InChI=1S/C27H54O2/c1-4-6-8-10-11-14-17-21-25(3)26(22-18-13-9-7-5-2)23-19-15-12-16-20-24-27(28)29/h25-26H,4-24H2,1-3H3,(H,28,29). The largest absolute Gasteiger partial charge is 0.481 e. The highest BCUT2D eigenvalue weighted by atomic mass is 16.4. The first kappa shape index (κ1) is 28.5. The lowest BCUT2D eigenvalue weighted by Gasteiger charge is -2.24. The Kier molecular flexibility index (Phi) is 21.8. The molecule has 0 aliphatic heterocycles. The summed E-state index contributed by atoms with van der Waals surface area (Å²) < 4.78 is 0. The molecule has 0 aromatic heterocycles. The molecule has 0 fully saturated rings. The topological polar surface area (TPSA) is 37.3 Å². The highest BCUT2D eigenvalue weighted by molar-refractivity contribution is 5.66. The van der Waals surface area contributed by atoms with Crippen LogP contribution in [-0.4, -0.2) is 11.1 Å². The van der Waals surface area contributed by atoms with E-state index >= 15 is 0 Å². The summed E-state index contributed by atoms with van der Waals surface area (Å²) in [6, 6.07) is 0. The van der Waals surface area contributed by atoms with Crippen LogP contribution in [0.1, 0.15) is 156 Å². The summed E-state index contributed by atoms with van der Waals surface area (Å²) >= 11 is 0. The zero-order valence-corrected chi connectivity index (χ0v) is 20.4. The van der Waals surface area contributed by atoms with Gasteiger partial charge in [0.1, 0.15) is 0 Å². The van der Waals surface area contributed by atoms with E-state index in [-0.39, 0.29) is 0 Å². The quantitative estimate of drug-likeness (QED) is 0.170. The maximum absolute atomic E-state index is 10.6. The van der Waals surface area contributed by atoms with E-state index in [1.54, 1.807) is 0 Å². The van der Waals surface area contributed by atoms with Gasteiger partial charge in [-0.15, -0.1) is 0 Å². The van der Waals surface area contributed by atoms with Gasteiger partial charge in [-0.25, -0.2) is 0 Å². The van der Waals surface area contributed by atoms with Crippen LogP contribution in [-0.2, 0) is 4.79 Å². The molecule has 1 N–H and O–H groups in total. The molecule has 2 heteroatoms. The molecule has 0 rings (SSSR count). The summed E-state index contributed by atoms with van der Waals surface area (Å²) in [6.07, 6.45) is 27.3. The molecule has 29 heavy (non-hydrogen) atoms. The van der Waals surface area contributed by atoms with Crippen molar-refractivity contribution in [2.24, 2.45) is 11.8 Å². The zero-order chi connectivity index (χ0) is 21.6. The lowest BCUT2D eigenvalue weighted by molar-refractivity contribution is -0.137. The fourth-order valence-electron chi connectivity index (χ4n) is 4.60. The van der Waals surface area contributed by atoms with Gasteiger partial charge in [0.25, 0.3) is 0 Å². The molecule has 0 saturated heterocycles. The number of carboxylic acids is 1. The van der Waals surface area contributed by atoms with Crippen LogP contribution >= 0.6 is 0 Å². The second-order valence-corrected chi connectivity index (χ2v) is 9.55. The summed E-state index contributed by atoms with van der Waals surface area (Å²) in [7, 11) is 0. The van der Waals surface area contributed by atoms with Gasteiger partial charge >= 0.3 is 5.97 Å². The molecular formula is C27H54O2. The Morgan fingerprint density at radius 3 is 1.41 bits per heavy atom. The van der Waals surface area contributed by atoms with Crippen LogP contribution in [0, 0.1) is 11.8 Å². The van der Waals surface area contributed by atoms with Gasteiger partial charge in [0.2, 0.25) is 0 Å². The minimum atomic E-state index is -0.646. The van der Waals surface area contributed by atoms with Gasteiger partial charge in [0, 0.05) is 6.42 Å². The molecule has 0 aliphatic carbocycles.